The van der Waals surface area contributed by atoms with Crippen LogP contribution in [0, 0.1) is 0 Å². The van der Waals surface area contributed by atoms with Crippen LogP contribution >= 0.6 is 0 Å². The van der Waals surface area contributed by atoms with Gasteiger partial charge in [-0.3, -0.25) is 9.79 Å². The quantitative estimate of drug-likeness (QED) is 0.602. The highest BCUT2D eigenvalue weighted by Gasteiger charge is 2.26. The molecule has 0 aromatic carbocycles. The predicted molar refractivity (Wildman–Crippen MR) is 102 cm³/mol. The Hall–Kier alpha value is -1.30. The lowest BCUT2D eigenvalue weighted by Crippen LogP contribution is -2.50. The maximum atomic E-state index is 12.2. The molecule has 1 amide bonds. The zero-order valence-corrected chi connectivity index (χ0v) is 16.4. The van der Waals surface area contributed by atoms with E-state index < -0.39 is 0 Å². The molecule has 0 spiro atoms. The van der Waals surface area contributed by atoms with Crippen molar-refractivity contribution >= 4 is 11.9 Å². The third-order valence-corrected chi connectivity index (χ3v) is 4.85. The molecule has 2 fully saturated rings. The van der Waals surface area contributed by atoms with E-state index >= 15 is 0 Å². The number of rotatable bonds is 4. The minimum atomic E-state index is -0.0933. The molecule has 6 heteroatoms. The van der Waals surface area contributed by atoms with Gasteiger partial charge in [-0.2, -0.15) is 0 Å². The van der Waals surface area contributed by atoms with E-state index in [9.17, 15) is 4.79 Å². The Bertz CT molecular complexity index is 445. The first kappa shape index (κ1) is 20.0. The van der Waals surface area contributed by atoms with Gasteiger partial charge in [0.05, 0.1) is 18.2 Å². The Morgan fingerprint density at radius 2 is 1.76 bits per heavy atom. The third-order valence-electron chi connectivity index (χ3n) is 4.85. The summed E-state index contributed by atoms with van der Waals surface area (Å²) in [6.45, 7) is 8.41. The van der Waals surface area contributed by atoms with E-state index in [2.05, 4.69) is 41.3 Å². The van der Waals surface area contributed by atoms with Crippen LogP contribution in [-0.4, -0.2) is 61.2 Å². The van der Waals surface area contributed by atoms with E-state index in [-0.39, 0.29) is 11.5 Å². The van der Waals surface area contributed by atoms with Gasteiger partial charge in [0.1, 0.15) is 0 Å². The monoisotopic (exact) mass is 352 g/mol. The summed E-state index contributed by atoms with van der Waals surface area (Å²) in [4.78, 5) is 18.7. The van der Waals surface area contributed by atoms with E-state index in [0.29, 0.717) is 18.7 Å². The lowest BCUT2D eigenvalue weighted by molar-refractivity contribution is -0.121. The number of likely N-dealkylation sites (tertiary alicyclic amines) is 1. The number of hydrogen-bond acceptors (Lipinski definition) is 3. The topological polar surface area (TPSA) is 66.0 Å². The van der Waals surface area contributed by atoms with E-state index in [1.165, 1.54) is 19.3 Å². The van der Waals surface area contributed by atoms with Crippen molar-refractivity contribution in [2.45, 2.75) is 83.5 Å². The summed E-state index contributed by atoms with van der Waals surface area (Å²) < 4.78 is 6.07. The molecule has 0 radical (unpaired) electrons. The number of ether oxygens (including phenoxy) is 1. The van der Waals surface area contributed by atoms with Gasteiger partial charge in [-0.25, -0.2) is 0 Å². The summed E-state index contributed by atoms with van der Waals surface area (Å²) >= 11 is 0. The molecule has 1 heterocycles. The molecule has 1 saturated heterocycles. The van der Waals surface area contributed by atoms with Gasteiger partial charge in [-0.1, -0.05) is 19.3 Å². The number of piperidine rings is 1. The van der Waals surface area contributed by atoms with Crippen LogP contribution in [-0.2, 0) is 9.53 Å². The molecule has 0 bridgehead atoms. The van der Waals surface area contributed by atoms with Crippen molar-refractivity contribution in [1.82, 2.24) is 15.5 Å². The van der Waals surface area contributed by atoms with Crippen LogP contribution in [0.2, 0.25) is 0 Å². The van der Waals surface area contributed by atoms with Gasteiger partial charge < -0.3 is 20.3 Å². The summed E-state index contributed by atoms with van der Waals surface area (Å²) in [6, 6.07) is 0.357. The van der Waals surface area contributed by atoms with Crippen LogP contribution in [0.15, 0.2) is 4.99 Å². The van der Waals surface area contributed by atoms with Crippen LogP contribution in [0.4, 0.5) is 0 Å². The highest BCUT2D eigenvalue weighted by molar-refractivity contribution is 5.86. The highest BCUT2D eigenvalue weighted by Crippen LogP contribution is 2.20. The third kappa shape index (κ3) is 7.22. The summed E-state index contributed by atoms with van der Waals surface area (Å²) in [7, 11) is 1.78. The highest BCUT2D eigenvalue weighted by atomic mass is 16.5. The van der Waals surface area contributed by atoms with Gasteiger partial charge in [0.15, 0.2) is 5.96 Å². The Kier molecular flexibility index (Phi) is 7.54. The average molecular weight is 353 g/mol. The molecule has 0 atom stereocenters. The van der Waals surface area contributed by atoms with Crippen molar-refractivity contribution in [3.8, 4) is 0 Å². The maximum Gasteiger partial charge on any atom is 0.239 e. The number of guanidine groups is 1. The summed E-state index contributed by atoms with van der Waals surface area (Å²) in [5, 5.41) is 6.35. The number of hydrogen-bond donors (Lipinski definition) is 2. The lowest BCUT2D eigenvalue weighted by atomic mass is 9.95. The van der Waals surface area contributed by atoms with Crippen molar-refractivity contribution in [2.75, 3.05) is 26.7 Å². The van der Waals surface area contributed by atoms with Crippen LogP contribution in [0.3, 0.4) is 0 Å². The summed E-state index contributed by atoms with van der Waals surface area (Å²) in [5.74, 6) is 0.881. The van der Waals surface area contributed by atoms with Crippen molar-refractivity contribution in [2.24, 2.45) is 4.99 Å². The van der Waals surface area contributed by atoms with Crippen LogP contribution in [0.5, 0.6) is 0 Å². The summed E-state index contributed by atoms with van der Waals surface area (Å²) in [6.07, 6.45) is 8.27. The molecule has 1 aliphatic heterocycles. The number of nitrogens with one attached hydrogen (secondary N) is 2. The molecule has 6 nitrogen and oxygen atoms in total. The molecule has 144 valence electrons. The minimum absolute atomic E-state index is 0.0685. The number of aliphatic imine (C=N–C) groups is 1. The molecule has 2 rings (SSSR count). The Morgan fingerprint density at radius 1 is 1.12 bits per heavy atom. The smallest absolute Gasteiger partial charge is 0.239 e. The largest absolute Gasteiger partial charge is 0.372 e. The molecule has 0 aromatic rings. The van der Waals surface area contributed by atoms with Gasteiger partial charge >= 0.3 is 0 Å². The standard InChI is InChI=1S/C19H36N4O2/c1-19(2,3)25-16-10-12-23(13-11-16)18(20-4)21-14-17(24)22-15-8-6-5-7-9-15/h15-16H,5-14H2,1-4H3,(H,20,21)(H,22,24). The van der Waals surface area contributed by atoms with E-state index in [1.807, 2.05) is 0 Å². The molecule has 2 N–H and O–H groups in total. The van der Waals surface area contributed by atoms with Gasteiger partial charge in [-0.05, 0) is 46.5 Å². The fourth-order valence-electron chi connectivity index (χ4n) is 3.70. The second-order valence-corrected chi connectivity index (χ2v) is 8.22. The predicted octanol–water partition coefficient (Wildman–Crippen LogP) is 2.29. The maximum absolute atomic E-state index is 12.2. The number of nitrogens with zero attached hydrogens (tertiary/aromatic N) is 2. The van der Waals surface area contributed by atoms with E-state index in [4.69, 9.17) is 4.74 Å². The van der Waals surface area contributed by atoms with Gasteiger partial charge in [-0.15, -0.1) is 0 Å². The van der Waals surface area contributed by atoms with Crippen molar-refractivity contribution in [1.29, 1.82) is 0 Å². The van der Waals surface area contributed by atoms with Gasteiger partial charge in [0.2, 0.25) is 5.91 Å². The average Bonchev–Trinajstić information content (AvgIpc) is 2.56. The molecule has 0 unspecified atom stereocenters. The first-order chi connectivity index (χ1) is 11.9. The molecule has 0 aromatic heterocycles. The molecular weight excluding hydrogens is 316 g/mol. The second kappa shape index (κ2) is 9.41. The molecular formula is C19H36N4O2. The number of carbonyl (C=O) groups excluding carboxylic acids is 1. The number of amides is 1. The lowest BCUT2D eigenvalue weighted by Gasteiger charge is -2.36. The normalized spacial score (nSPS) is 21.3. The Morgan fingerprint density at radius 3 is 2.32 bits per heavy atom. The molecule has 1 saturated carbocycles. The molecule has 2 aliphatic rings. The summed E-state index contributed by atoms with van der Waals surface area (Å²) in [5.41, 5.74) is -0.0933. The van der Waals surface area contributed by atoms with Crippen LogP contribution < -0.4 is 10.6 Å². The fraction of sp³-hybridized carbons (Fsp3) is 0.895. The second-order valence-electron chi connectivity index (χ2n) is 8.22. The SMILES string of the molecule is CN=C(NCC(=O)NC1CCCCC1)N1CCC(OC(C)(C)C)CC1. The zero-order chi connectivity index (χ0) is 18.3. The van der Waals surface area contributed by atoms with Crippen LogP contribution in [0.25, 0.3) is 0 Å². The zero-order valence-electron chi connectivity index (χ0n) is 16.4. The van der Waals surface area contributed by atoms with Crippen molar-refractivity contribution < 1.29 is 9.53 Å². The van der Waals surface area contributed by atoms with E-state index in [0.717, 1.165) is 44.7 Å². The molecule has 25 heavy (non-hydrogen) atoms. The minimum Gasteiger partial charge on any atom is -0.372 e. The van der Waals surface area contributed by atoms with Crippen molar-refractivity contribution in [3.63, 3.8) is 0 Å². The fourth-order valence-corrected chi connectivity index (χ4v) is 3.70. The Labute approximate surface area is 152 Å². The first-order valence-corrected chi connectivity index (χ1v) is 9.80. The van der Waals surface area contributed by atoms with Gasteiger partial charge in [0, 0.05) is 26.2 Å². The molecule has 1 aliphatic carbocycles. The Balaban J connectivity index is 1.71. The van der Waals surface area contributed by atoms with Gasteiger partial charge in [0.25, 0.3) is 0 Å². The van der Waals surface area contributed by atoms with Crippen molar-refractivity contribution in [3.05, 3.63) is 0 Å². The number of carbonyl (C=O) groups is 1. The van der Waals surface area contributed by atoms with Crippen LogP contribution in [0.1, 0.15) is 65.7 Å². The van der Waals surface area contributed by atoms with E-state index in [1.54, 1.807) is 7.05 Å². The first-order valence-electron chi connectivity index (χ1n) is 9.80.